The molecule has 5 atom stereocenters. The topological polar surface area (TPSA) is 169 Å². The van der Waals surface area contributed by atoms with Crippen LogP contribution in [0.1, 0.15) is 86.9 Å². The second-order valence-corrected chi connectivity index (χ2v) is 22.1. The quantitative estimate of drug-likeness (QED) is 0.127. The molecule has 14 nitrogen and oxygen atoms in total. The van der Waals surface area contributed by atoms with Gasteiger partial charge >= 0.3 is 13.3 Å². The number of fused-ring (bicyclic) bond motifs is 3. The Kier molecular flexibility index (Phi) is 15.5. The van der Waals surface area contributed by atoms with Gasteiger partial charge in [-0.2, -0.15) is 8.78 Å². The lowest BCUT2D eigenvalue weighted by Crippen LogP contribution is -2.62. The van der Waals surface area contributed by atoms with E-state index < -0.39 is 50.0 Å². The normalized spacial score (nSPS) is 24.2. The number of carbonyl (C=O) groups excluding carboxylic acids is 6. The summed E-state index contributed by atoms with van der Waals surface area (Å²) >= 11 is 2.86. The number of rotatable bonds is 18. The van der Waals surface area contributed by atoms with Crippen LogP contribution in [0.15, 0.2) is 24.3 Å². The fraction of sp³-hybridized carbons (Fsp3) is 0.667. The number of morpholine rings is 1. The van der Waals surface area contributed by atoms with Crippen molar-refractivity contribution in [3.63, 3.8) is 0 Å². The SMILES string of the molecule is CCCC(=O)SCCOP(=O)(OCCSC(=O)CCC)C(F)(F)c1ccc2sc(C(=O)N[C@H]3C[C@@H]4C[C@@H]4C[C@H]4CC[C@@H](C(=O)N5CC(C(=O)N6CCOCC6)C5)N4C3=O)cc2c1. The van der Waals surface area contributed by atoms with Crippen LogP contribution in [0, 0.1) is 17.8 Å². The van der Waals surface area contributed by atoms with Gasteiger partial charge < -0.3 is 33.8 Å². The summed E-state index contributed by atoms with van der Waals surface area (Å²) in [6.45, 7) is 5.47. The predicted molar refractivity (Wildman–Crippen MR) is 233 cm³/mol. The average molecular weight is 941 g/mol. The van der Waals surface area contributed by atoms with Crippen LogP contribution >= 0.6 is 42.5 Å². The van der Waals surface area contributed by atoms with Crippen LogP contribution in [0.2, 0.25) is 0 Å². The Balaban J connectivity index is 1.02. The molecular weight excluding hydrogens is 886 g/mol. The van der Waals surface area contributed by atoms with Crippen LogP contribution in [-0.4, -0.2) is 131 Å². The monoisotopic (exact) mass is 940 g/mol. The van der Waals surface area contributed by atoms with E-state index in [-0.39, 0.29) is 67.6 Å². The Hall–Kier alpha value is -2.93. The van der Waals surface area contributed by atoms with E-state index in [0.717, 1.165) is 59.8 Å². The third-order valence-electron chi connectivity index (χ3n) is 12.2. The molecule has 2 aromatic rings. The fourth-order valence-corrected chi connectivity index (χ4v) is 13.0. The Labute approximate surface area is 372 Å². The molecular formula is C42H55F2N4O10PS3. The van der Waals surface area contributed by atoms with E-state index in [4.69, 9.17) is 13.8 Å². The molecule has 20 heteroatoms. The van der Waals surface area contributed by atoms with E-state index in [1.165, 1.54) is 12.1 Å². The third-order valence-corrected chi connectivity index (χ3v) is 17.1. The molecule has 0 bridgehead atoms. The summed E-state index contributed by atoms with van der Waals surface area (Å²) in [4.78, 5) is 84.4. The molecule has 1 saturated carbocycles. The molecule has 1 aromatic heterocycles. The Morgan fingerprint density at radius 3 is 2.18 bits per heavy atom. The van der Waals surface area contributed by atoms with Crippen molar-refractivity contribution in [1.29, 1.82) is 0 Å². The lowest BCUT2D eigenvalue weighted by molar-refractivity contribution is -0.156. The molecule has 1 N–H and O–H groups in total. The second kappa shape index (κ2) is 20.5. The summed E-state index contributed by atoms with van der Waals surface area (Å²) in [6.07, 6.45) is 5.20. The van der Waals surface area contributed by atoms with Gasteiger partial charge in [-0.05, 0) is 80.4 Å². The average Bonchev–Trinajstić information content (AvgIpc) is 3.58. The largest absolute Gasteiger partial charge is 0.404 e. The molecule has 4 aliphatic heterocycles. The number of likely N-dealkylation sites (tertiary alicyclic amines) is 1. The molecule has 62 heavy (non-hydrogen) atoms. The molecule has 0 unspecified atom stereocenters. The van der Waals surface area contributed by atoms with E-state index in [1.807, 2.05) is 13.8 Å². The van der Waals surface area contributed by atoms with Crippen LogP contribution in [0.4, 0.5) is 8.78 Å². The first kappa shape index (κ1) is 47.0. The van der Waals surface area contributed by atoms with Gasteiger partial charge in [-0.15, -0.1) is 11.3 Å². The number of hydrogen-bond donors (Lipinski definition) is 1. The van der Waals surface area contributed by atoms with Gasteiger partial charge in [-0.25, -0.2) is 0 Å². The van der Waals surface area contributed by atoms with E-state index in [0.29, 0.717) is 95.0 Å². The molecule has 5 fully saturated rings. The minimum atomic E-state index is -5.21. The number of halogens is 2. The zero-order valence-corrected chi connectivity index (χ0v) is 38.4. The first-order valence-corrected chi connectivity index (χ1v) is 26.0. The zero-order chi connectivity index (χ0) is 44.2. The van der Waals surface area contributed by atoms with Gasteiger partial charge in [-0.1, -0.05) is 43.4 Å². The Bertz CT molecular complexity index is 2030. The minimum Gasteiger partial charge on any atom is -0.378 e. The van der Waals surface area contributed by atoms with Crippen LogP contribution in [0.25, 0.3) is 10.1 Å². The smallest absolute Gasteiger partial charge is 0.378 e. The molecule has 1 aromatic carbocycles. The van der Waals surface area contributed by atoms with Crippen LogP contribution in [0.5, 0.6) is 0 Å². The van der Waals surface area contributed by atoms with Crippen molar-refractivity contribution >= 4 is 86.4 Å². The van der Waals surface area contributed by atoms with Crippen molar-refractivity contribution in [3.05, 3.63) is 34.7 Å². The first-order valence-electron chi connectivity index (χ1n) is 21.6. The summed E-state index contributed by atoms with van der Waals surface area (Å²) in [5.41, 5.74) is -4.80. The number of nitrogens with one attached hydrogen (secondary N) is 1. The van der Waals surface area contributed by atoms with E-state index in [1.54, 1.807) is 14.7 Å². The summed E-state index contributed by atoms with van der Waals surface area (Å²) < 4.78 is 63.1. The van der Waals surface area contributed by atoms with Gasteiger partial charge in [0, 0.05) is 66.8 Å². The number of nitrogens with zero attached hydrogens (tertiary/aromatic N) is 3. The maximum atomic E-state index is 16.4. The summed E-state index contributed by atoms with van der Waals surface area (Å²) in [7, 11) is -5.21. The van der Waals surface area contributed by atoms with Gasteiger partial charge in [0.05, 0.1) is 37.2 Å². The van der Waals surface area contributed by atoms with Crippen LogP contribution in [0.3, 0.4) is 0 Å². The highest BCUT2D eigenvalue weighted by Crippen LogP contribution is 2.67. The number of amides is 4. The highest BCUT2D eigenvalue weighted by Gasteiger charge is 2.56. The van der Waals surface area contributed by atoms with Gasteiger partial charge in [-0.3, -0.25) is 33.3 Å². The number of benzene rings is 1. The standard InChI is InChI=1S/C42H55F2N4O10PS3/c1-3-5-36(49)60-17-15-57-59(55,58-16-18-61-37(50)6-4-2)42(43,44)30-7-10-34-28(20-30)23-35(62-34)38(51)45-32-22-27-19-26(27)21-31-8-9-33(48(31)40(32)53)41(54)47-24-29(25-47)39(52)46-11-13-56-14-12-46/h7,10,20,23,26-27,29,31-33H,3-6,8-9,11-19,21-22,24-25H2,1-2H3,(H,45,51)/t26-,27+,31-,32+,33+/m1/s1. The molecule has 5 aliphatic rings. The summed E-state index contributed by atoms with van der Waals surface area (Å²) in [5, 5.41) is 2.92. The number of hydrogen-bond acceptors (Lipinski definition) is 13. The maximum Gasteiger partial charge on any atom is 0.404 e. The summed E-state index contributed by atoms with van der Waals surface area (Å²) in [5.74, 6) is -0.662. The van der Waals surface area contributed by atoms with Crippen LogP contribution < -0.4 is 5.32 Å². The fourth-order valence-electron chi connectivity index (χ4n) is 8.81. The van der Waals surface area contributed by atoms with E-state index >= 15 is 8.78 Å². The Morgan fingerprint density at radius 2 is 1.53 bits per heavy atom. The van der Waals surface area contributed by atoms with Crippen molar-refractivity contribution in [2.75, 3.05) is 64.1 Å². The van der Waals surface area contributed by atoms with E-state index in [9.17, 15) is 33.3 Å². The minimum absolute atomic E-state index is 0.00885. The van der Waals surface area contributed by atoms with Crippen molar-refractivity contribution < 1.29 is 55.9 Å². The highest BCUT2D eigenvalue weighted by atomic mass is 32.2. The Morgan fingerprint density at radius 1 is 0.887 bits per heavy atom. The number of thiophene rings is 1. The summed E-state index contributed by atoms with van der Waals surface area (Å²) in [6, 6.07) is 3.39. The van der Waals surface area contributed by atoms with Gasteiger partial charge in [0.1, 0.15) is 12.1 Å². The molecule has 4 saturated heterocycles. The van der Waals surface area contributed by atoms with Gasteiger partial charge in [0.2, 0.25) is 17.7 Å². The lowest BCUT2D eigenvalue weighted by Gasteiger charge is -2.44. The van der Waals surface area contributed by atoms with Gasteiger partial charge in [0.25, 0.3) is 5.91 Å². The number of carbonyl (C=O) groups is 6. The third kappa shape index (κ3) is 10.6. The van der Waals surface area contributed by atoms with Gasteiger partial charge in [0.15, 0.2) is 10.2 Å². The number of ether oxygens (including phenoxy) is 1. The zero-order valence-electron chi connectivity index (χ0n) is 35.1. The number of thioether (sulfide) groups is 2. The lowest BCUT2D eigenvalue weighted by atomic mass is 9.96. The number of alkyl halides is 2. The molecule has 0 radical (unpaired) electrons. The molecule has 4 amide bonds. The molecule has 5 heterocycles. The van der Waals surface area contributed by atoms with E-state index in [2.05, 4.69) is 5.32 Å². The van der Waals surface area contributed by atoms with Crippen molar-refractivity contribution in [2.45, 2.75) is 95.4 Å². The van der Waals surface area contributed by atoms with Crippen molar-refractivity contribution in [3.8, 4) is 0 Å². The van der Waals surface area contributed by atoms with Crippen molar-refractivity contribution in [1.82, 2.24) is 20.0 Å². The van der Waals surface area contributed by atoms with Crippen molar-refractivity contribution in [2.24, 2.45) is 17.8 Å². The highest BCUT2D eigenvalue weighted by molar-refractivity contribution is 8.13. The molecule has 7 rings (SSSR count). The first-order chi connectivity index (χ1) is 29.7. The van der Waals surface area contributed by atoms with Crippen LogP contribution in [-0.2, 0) is 48.0 Å². The molecule has 1 aliphatic carbocycles. The molecule has 0 spiro atoms. The second-order valence-electron chi connectivity index (χ2n) is 16.6. The molecule has 340 valence electrons. The maximum absolute atomic E-state index is 16.4. The predicted octanol–water partition coefficient (Wildman–Crippen LogP) is 6.50.